The molecule has 0 aliphatic heterocycles. The molecule has 21 heavy (non-hydrogen) atoms. The molecule has 1 aromatic carbocycles. The van der Waals surface area contributed by atoms with Crippen LogP contribution in [0.15, 0.2) is 24.3 Å². The van der Waals surface area contributed by atoms with E-state index >= 15 is 0 Å². The number of rotatable bonds is 2. The maximum Gasteiger partial charge on any atom is 0.391 e. The molecule has 2 atom stereocenters. The van der Waals surface area contributed by atoms with E-state index in [1.807, 2.05) is 24.3 Å². The van der Waals surface area contributed by atoms with Crippen LogP contribution >= 0.6 is 0 Å². The van der Waals surface area contributed by atoms with Crippen LogP contribution in [0.3, 0.4) is 0 Å². The highest BCUT2D eigenvalue weighted by Crippen LogP contribution is 2.46. The molecule has 4 heteroatoms. The second-order valence-corrected chi connectivity index (χ2v) is 6.62. The van der Waals surface area contributed by atoms with Crippen molar-refractivity contribution in [3.8, 4) is 0 Å². The predicted octanol–water partition coefficient (Wildman–Crippen LogP) is 4.89. The Morgan fingerprint density at radius 3 is 2.19 bits per heavy atom. The first-order valence-corrected chi connectivity index (χ1v) is 7.78. The molecule has 0 aromatic heterocycles. The summed E-state index contributed by atoms with van der Waals surface area (Å²) in [4.78, 5) is 0. The summed E-state index contributed by atoms with van der Waals surface area (Å²) in [6.45, 7) is 0. The summed E-state index contributed by atoms with van der Waals surface area (Å²) in [5.74, 6) is -0.787. The fourth-order valence-electron chi connectivity index (χ4n) is 3.60. The van der Waals surface area contributed by atoms with Gasteiger partial charge in [-0.25, -0.2) is 0 Å². The molecular formula is C17H21F3O. The number of benzene rings is 1. The van der Waals surface area contributed by atoms with E-state index in [9.17, 15) is 18.3 Å². The zero-order chi connectivity index (χ0) is 15.1. The molecule has 0 amide bonds. The molecule has 2 aliphatic rings. The van der Waals surface area contributed by atoms with Crippen LogP contribution in [0.1, 0.15) is 62.0 Å². The van der Waals surface area contributed by atoms with Gasteiger partial charge in [0.2, 0.25) is 0 Å². The SMILES string of the molecule is OC1(c2ccc(C3CCC3)cc2)CCCC(C(F)(F)F)C1. The monoisotopic (exact) mass is 298 g/mol. The smallest absolute Gasteiger partial charge is 0.385 e. The average Bonchev–Trinajstić information content (AvgIpc) is 2.36. The van der Waals surface area contributed by atoms with Crippen molar-refractivity contribution in [3.63, 3.8) is 0 Å². The first-order chi connectivity index (χ1) is 9.88. The number of hydrogen-bond donors (Lipinski definition) is 1. The normalized spacial score (nSPS) is 31.0. The maximum absolute atomic E-state index is 12.9. The highest BCUT2D eigenvalue weighted by Gasteiger charge is 2.47. The molecule has 0 bridgehead atoms. The Kier molecular flexibility index (Phi) is 3.76. The number of aliphatic hydroxyl groups is 1. The van der Waals surface area contributed by atoms with Crippen molar-refractivity contribution in [2.45, 2.75) is 62.6 Å². The molecule has 0 heterocycles. The van der Waals surface area contributed by atoms with Crippen LogP contribution in [0, 0.1) is 5.92 Å². The third-order valence-electron chi connectivity index (χ3n) is 5.21. The molecular weight excluding hydrogens is 277 g/mol. The summed E-state index contributed by atoms with van der Waals surface area (Å²) in [7, 11) is 0. The lowest BCUT2D eigenvalue weighted by Crippen LogP contribution is -2.38. The van der Waals surface area contributed by atoms with Crippen molar-refractivity contribution < 1.29 is 18.3 Å². The van der Waals surface area contributed by atoms with Gasteiger partial charge in [-0.05, 0) is 55.6 Å². The molecule has 3 rings (SSSR count). The van der Waals surface area contributed by atoms with E-state index in [0.29, 0.717) is 24.3 Å². The van der Waals surface area contributed by atoms with E-state index in [1.165, 1.54) is 24.8 Å². The van der Waals surface area contributed by atoms with Gasteiger partial charge in [0.05, 0.1) is 11.5 Å². The summed E-state index contributed by atoms with van der Waals surface area (Å²) in [5.41, 5.74) is 0.563. The Morgan fingerprint density at radius 2 is 1.67 bits per heavy atom. The van der Waals surface area contributed by atoms with Crippen LogP contribution in [0.5, 0.6) is 0 Å². The largest absolute Gasteiger partial charge is 0.391 e. The molecule has 1 aromatic rings. The van der Waals surface area contributed by atoms with Crippen molar-refractivity contribution >= 4 is 0 Å². The molecule has 0 spiro atoms. The van der Waals surface area contributed by atoms with E-state index in [1.54, 1.807) is 0 Å². The van der Waals surface area contributed by atoms with Gasteiger partial charge in [-0.15, -0.1) is 0 Å². The minimum absolute atomic E-state index is 0.131. The van der Waals surface area contributed by atoms with E-state index in [-0.39, 0.29) is 12.8 Å². The fraction of sp³-hybridized carbons (Fsp3) is 0.647. The fourth-order valence-corrected chi connectivity index (χ4v) is 3.60. The van der Waals surface area contributed by atoms with Gasteiger partial charge in [0.1, 0.15) is 0 Å². The predicted molar refractivity (Wildman–Crippen MR) is 74.9 cm³/mol. The first-order valence-electron chi connectivity index (χ1n) is 7.78. The van der Waals surface area contributed by atoms with E-state index in [2.05, 4.69) is 0 Å². The van der Waals surface area contributed by atoms with E-state index < -0.39 is 17.7 Å². The quantitative estimate of drug-likeness (QED) is 0.824. The zero-order valence-electron chi connectivity index (χ0n) is 12.0. The van der Waals surface area contributed by atoms with Crippen LogP contribution in [0.4, 0.5) is 13.2 Å². The van der Waals surface area contributed by atoms with Gasteiger partial charge < -0.3 is 5.11 Å². The number of hydrogen-bond acceptors (Lipinski definition) is 1. The van der Waals surface area contributed by atoms with Gasteiger partial charge in [0.15, 0.2) is 0 Å². The summed E-state index contributed by atoms with van der Waals surface area (Å²) in [6.07, 6.45) is 0.196. The van der Waals surface area contributed by atoms with Crippen molar-refractivity contribution in [2.75, 3.05) is 0 Å². The molecule has 2 fully saturated rings. The Balaban J connectivity index is 1.77. The van der Waals surface area contributed by atoms with Gasteiger partial charge >= 0.3 is 6.18 Å². The van der Waals surface area contributed by atoms with Crippen LogP contribution in [-0.4, -0.2) is 11.3 Å². The Labute approximate surface area is 123 Å². The van der Waals surface area contributed by atoms with Crippen LogP contribution in [0.2, 0.25) is 0 Å². The van der Waals surface area contributed by atoms with E-state index in [4.69, 9.17) is 0 Å². The standard InChI is InChI=1S/C17H21F3O/c18-17(19,20)15-5-2-10-16(21,11-15)14-8-6-13(7-9-14)12-3-1-4-12/h6-9,12,15,21H,1-5,10-11H2. The summed E-state index contributed by atoms with van der Waals surface area (Å²) < 4.78 is 38.7. The maximum atomic E-state index is 12.9. The highest BCUT2D eigenvalue weighted by molar-refractivity contribution is 5.30. The molecule has 1 N–H and O–H groups in total. The Hall–Kier alpha value is -1.03. The molecule has 2 aliphatic carbocycles. The number of halogens is 3. The third-order valence-corrected chi connectivity index (χ3v) is 5.21. The summed E-state index contributed by atoms with van der Waals surface area (Å²) in [6, 6.07) is 7.61. The summed E-state index contributed by atoms with van der Waals surface area (Å²) in [5, 5.41) is 10.7. The van der Waals surface area contributed by atoms with Gasteiger partial charge in [-0.1, -0.05) is 30.7 Å². The molecule has 116 valence electrons. The Morgan fingerprint density at radius 1 is 1.00 bits per heavy atom. The first kappa shape index (κ1) is 14.9. The van der Waals surface area contributed by atoms with Crippen molar-refractivity contribution in [2.24, 2.45) is 5.92 Å². The average molecular weight is 298 g/mol. The molecule has 2 saturated carbocycles. The third kappa shape index (κ3) is 2.96. The van der Waals surface area contributed by atoms with Gasteiger partial charge in [-0.2, -0.15) is 13.2 Å². The van der Waals surface area contributed by atoms with Crippen molar-refractivity contribution in [1.29, 1.82) is 0 Å². The van der Waals surface area contributed by atoms with Crippen molar-refractivity contribution in [1.82, 2.24) is 0 Å². The summed E-state index contributed by atoms with van der Waals surface area (Å²) >= 11 is 0. The van der Waals surface area contributed by atoms with Gasteiger partial charge in [-0.3, -0.25) is 0 Å². The Bertz CT molecular complexity index is 490. The van der Waals surface area contributed by atoms with Crippen molar-refractivity contribution in [3.05, 3.63) is 35.4 Å². The van der Waals surface area contributed by atoms with Gasteiger partial charge in [0.25, 0.3) is 0 Å². The molecule has 2 unspecified atom stereocenters. The van der Waals surface area contributed by atoms with Crippen LogP contribution in [0.25, 0.3) is 0 Å². The zero-order valence-corrected chi connectivity index (χ0v) is 12.0. The lowest BCUT2D eigenvalue weighted by molar-refractivity contribution is -0.201. The second kappa shape index (κ2) is 5.31. The molecule has 1 nitrogen and oxygen atoms in total. The molecule has 0 saturated heterocycles. The second-order valence-electron chi connectivity index (χ2n) is 6.62. The highest BCUT2D eigenvalue weighted by atomic mass is 19.4. The van der Waals surface area contributed by atoms with Crippen LogP contribution in [-0.2, 0) is 5.60 Å². The topological polar surface area (TPSA) is 20.2 Å². The lowest BCUT2D eigenvalue weighted by Gasteiger charge is -2.38. The molecule has 0 radical (unpaired) electrons. The van der Waals surface area contributed by atoms with E-state index in [0.717, 1.165) is 0 Å². The minimum Gasteiger partial charge on any atom is -0.385 e. The van der Waals surface area contributed by atoms with Gasteiger partial charge in [0, 0.05) is 0 Å². The number of alkyl halides is 3. The van der Waals surface area contributed by atoms with Crippen LogP contribution < -0.4 is 0 Å². The minimum atomic E-state index is -4.21. The lowest BCUT2D eigenvalue weighted by atomic mass is 9.73.